The summed E-state index contributed by atoms with van der Waals surface area (Å²) in [7, 11) is 0. The number of nitrogens with one attached hydrogen (secondary N) is 1. The number of anilines is 1. The van der Waals surface area contributed by atoms with Crippen LogP contribution in [0.2, 0.25) is 0 Å². The van der Waals surface area contributed by atoms with Crippen molar-refractivity contribution in [3.63, 3.8) is 0 Å². The van der Waals surface area contributed by atoms with Crippen LogP contribution in [0.1, 0.15) is 54.4 Å². The van der Waals surface area contributed by atoms with Crippen LogP contribution in [-0.2, 0) is 12.0 Å². The second-order valence-electron chi connectivity index (χ2n) is 6.01. The minimum absolute atomic E-state index is 0.0592. The maximum absolute atomic E-state index is 12.4. The van der Waals surface area contributed by atoms with Gasteiger partial charge in [-0.05, 0) is 19.1 Å². The molecule has 0 atom stereocenters. The van der Waals surface area contributed by atoms with Gasteiger partial charge in [-0.1, -0.05) is 20.8 Å². The Kier molecular flexibility index (Phi) is 4.44. The first kappa shape index (κ1) is 16.6. The zero-order valence-corrected chi connectivity index (χ0v) is 13.5. The average Bonchev–Trinajstić information content (AvgIpc) is 2.92. The molecule has 8 nitrogen and oxygen atoms in total. The zero-order valence-electron chi connectivity index (χ0n) is 13.5. The van der Waals surface area contributed by atoms with E-state index in [2.05, 4.69) is 20.4 Å². The van der Waals surface area contributed by atoms with Crippen LogP contribution < -0.4 is 5.32 Å². The van der Waals surface area contributed by atoms with Crippen molar-refractivity contribution in [3.8, 4) is 0 Å². The average molecular weight is 317 g/mol. The fraction of sp³-hybridized carbons (Fsp3) is 0.400. The smallest absolute Gasteiger partial charge is 0.354 e. The number of carboxylic acids is 1. The highest BCUT2D eigenvalue weighted by molar-refractivity contribution is 6.02. The van der Waals surface area contributed by atoms with Gasteiger partial charge in [-0.2, -0.15) is 5.10 Å². The van der Waals surface area contributed by atoms with Crippen molar-refractivity contribution < 1.29 is 14.7 Å². The number of carboxylic acid groups (broad SMARTS) is 1. The molecule has 2 N–H and O–H groups in total. The standard InChI is InChI=1S/C15H19N5O3/c1-5-20-10(8-11(19-20)15(2,3)4)12(21)18-14-16-7-6-9(17-14)13(22)23/h6-8H,5H2,1-4H3,(H,22,23)(H,16,17,18,21). The SMILES string of the molecule is CCn1nc(C(C)(C)C)cc1C(=O)Nc1nccc(C(=O)O)n1. The molecular weight excluding hydrogens is 298 g/mol. The number of carbonyl (C=O) groups excluding carboxylic acids is 1. The maximum Gasteiger partial charge on any atom is 0.354 e. The minimum atomic E-state index is -1.18. The number of aromatic carboxylic acids is 1. The third-order valence-corrected chi connectivity index (χ3v) is 3.18. The van der Waals surface area contributed by atoms with Crippen molar-refractivity contribution in [2.75, 3.05) is 5.32 Å². The van der Waals surface area contributed by atoms with Crippen LogP contribution in [0.3, 0.4) is 0 Å². The van der Waals surface area contributed by atoms with Crippen LogP contribution >= 0.6 is 0 Å². The van der Waals surface area contributed by atoms with E-state index in [1.165, 1.54) is 12.3 Å². The Morgan fingerprint density at radius 1 is 1.35 bits per heavy atom. The van der Waals surface area contributed by atoms with E-state index >= 15 is 0 Å². The fourth-order valence-corrected chi connectivity index (χ4v) is 1.91. The molecule has 0 spiro atoms. The lowest BCUT2D eigenvalue weighted by Gasteiger charge is -2.13. The number of aryl methyl sites for hydroxylation is 1. The summed E-state index contributed by atoms with van der Waals surface area (Å²) in [4.78, 5) is 31.0. The van der Waals surface area contributed by atoms with Crippen LogP contribution in [-0.4, -0.2) is 36.7 Å². The van der Waals surface area contributed by atoms with Gasteiger partial charge in [0.1, 0.15) is 5.69 Å². The Balaban J connectivity index is 2.29. The van der Waals surface area contributed by atoms with E-state index in [1.54, 1.807) is 10.7 Å². The molecule has 0 aliphatic carbocycles. The van der Waals surface area contributed by atoms with Gasteiger partial charge in [0.05, 0.1) is 5.69 Å². The second kappa shape index (κ2) is 6.15. The summed E-state index contributed by atoms with van der Waals surface area (Å²) >= 11 is 0. The first-order valence-electron chi connectivity index (χ1n) is 7.18. The van der Waals surface area contributed by atoms with E-state index in [1.807, 2.05) is 27.7 Å². The van der Waals surface area contributed by atoms with Gasteiger partial charge < -0.3 is 5.11 Å². The molecule has 0 aliphatic heterocycles. The topological polar surface area (TPSA) is 110 Å². The summed E-state index contributed by atoms with van der Waals surface area (Å²) < 4.78 is 1.59. The largest absolute Gasteiger partial charge is 0.477 e. The van der Waals surface area contributed by atoms with Gasteiger partial charge in [0, 0.05) is 18.2 Å². The minimum Gasteiger partial charge on any atom is -0.477 e. The number of carbonyl (C=O) groups is 2. The molecule has 2 aromatic rings. The maximum atomic E-state index is 12.4. The summed E-state index contributed by atoms with van der Waals surface area (Å²) in [5.41, 5.74) is 0.802. The fourth-order valence-electron chi connectivity index (χ4n) is 1.91. The molecule has 0 aromatic carbocycles. The molecule has 122 valence electrons. The Hall–Kier alpha value is -2.77. The van der Waals surface area contributed by atoms with E-state index < -0.39 is 11.9 Å². The van der Waals surface area contributed by atoms with Crippen LogP contribution in [0.15, 0.2) is 18.3 Å². The van der Waals surface area contributed by atoms with Gasteiger partial charge in [-0.15, -0.1) is 0 Å². The summed E-state index contributed by atoms with van der Waals surface area (Å²) in [5.74, 6) is -1.68. The number of nitrogens with zero attached hydrogens (tertiary/aromatic N) is 4. The number of hydrogen-bond acceptors (Lipinski definition) is 5. The van der Waals surface area contributed by atoms with Crippen LogP contribution in [0, 0.1) is 0 Å². The Labute approximate surface area is 133 Å². The molecule has 0 unspecified atom stereocenters. The van der Waals surface area contributed by atoms with Crippen molar-refractivity contribution in [2.24, 2.45) is 0 Å². The number of rotatable bonds is 4. The molecule has 0 fully saturated rings. The third kappa shape index (κ3) is 3.71. The number of amides is 1. The Morgan fingerprint density at radius 3 is 2.61 bits per heavy atom. The van der Waals surface area contributed by atoms with Crippen LogP contribution in [0.5, 0.6) is 0 Å². The van der Waals surface area contributed by atoms with Crippen molar-refractivity contribution in [1.82, 2.24) is 19.7 Å². The van der Waals surface area contributed by atoms with E-state index in [9.17, 15) is 9.59 Å². The van der Waals surface area contributed by atoms with Crippen molar-refractivity contribution in [1.29, 1.82) is 0 Å². The van der Waals surface area contributed by atoms with Crippen LogP contribution in [0.25, 0.3) is 0 Å². The number of hydrogen-bond donors (Lipinski definition) is 2. The van der Waals surface area contributed by atoms with Gasteiger partial charge in [-0.25, -0.2) is 14.8 Å². The van der Waals surface area contributed by atoms with Gasteiger partial charge in [-0.3, -0.25) is 14.8 Å². The van der Waals surface area contributed by atoms with Crippen molar-refractivity contribution in [3.05, 3.63) is 35.4 Å². The Bertz CT molecular complexity index is 746. The van der Waals surface area contributed by atoms with E-state index in [0.717, 1.165) is 5.69 Å². The van der Waals surface area contributed by atoms with Crippen molar-refractivity contribution >= 4 is 17.8 Å². The third-order valence-electron chi connectivity index (χ3n) is 3.18. The first-order valence-corrected chi connectivity index (χ1v) is 7.18. The van der Waals surface area contributed by atoms with Crippen molar-refractivity contribution in [2.45, 2.75) is 39.7 Å². The van der Waals surface area contributed by atoms with E-state index in [0.29, 0.717) is 12.2 Å². The predicted octanol–water partition coefficient (Wildman–Crippen LogP) is 1.94. The van der Waals surface area contributed by atoms with Gasteiger partial charge in [0.2, 0.25) is 5.95 Å². The molecular formula is C15H19N5O3. The highest BCUT2D eigenvalue weighted by Crippen LogP contribution is 2.22. The van der Waals surface area contributed by atoms with Crippen LogP contribution in [0.4, 0.5) is 5.95 Å². The van der Waals surface area contributed by atoms with E-state index in [4.69, 9.17) is 5.11 Å². The predicted molar refractivity (Wildman–Crippen MR) is 83.5 cm³/mol. The lowest BCUT2D eigenvalue weighted by molar-refractivity contribution is 0.0690. The quantitative estimate of drug-likeness (QED) is 0.891. The molecule has 2 aromatic heterocycles. The zero-order chi connectivity index (χ0) is 17.2. The lowest BCUT2D eigenvalue weighted by Crippen LogP contribution is -2.19. The molecule has 23 heavy (non-hydrogen) atoms. The second-order valence-corrected chi connectivity index (χ2v) is 6.01. The summed E-state index contributed by atoms with van der Waals surface area (Å²) in [5, 5.41) is 15.9. The van der Waals surface area contributed by atoms with Gasteiger partial charge in [0.15, 0.2) is 5.69 Å². The molecule has 2 rings (SSSR count). The van der Waals surface area contributed by atoms with E-state index in [-0.39, 0.29) is 17.1 Å². The summed E-state index contributed by atoms with van der Waals surface area (Å²) in [6.07, 6.45) is 1.28. The Morgan fingerprint density at radius 2 is 2.04 bits per heavy atom. The molecule has 2 heterocycles. The molecule has 0 radical (unpaired) electrons. The highest BCUT2D eigenvalue weighted by Gasteiger charge is 2.23. The molecule has 0 saturated heterocycles. The molecule has 0 saturated carbocycles. The van der Waals surface area contributed by atoms with Gasteiger partial charge in [0.25, 0.3) is 5.91 Å². The lowest BCUT2D eigenvalue weighted by atomic mass is 9.92. The summed E-state index contributed by atoms with van der Waals surface area (Å²) in [6, 6.07) is 2.98. The molecule has 0 bridgehead atoms. The highest BCUT2D eigenvalue weighted by atomic mass is 16.4. The normalized spacial score (nSPS) is 11.3. The molecule has 1 amide bonds. The molecule has 8 heteroatoms. The monoisotopic (exact) mass is 317 g/mol. The molecule has 0 aliphatic rings. The van der Waals surface area contributed by atoms with Gasteiger partial charge >= 0.3 is 5.97 Å². The number of aromatic nitrogens is 4. The summed E-state index contributed by atoms with van der Waals surface area (Å²) in [6.45, 7) is 8.45. The first-order chi connectivity index (χ1) is 10.7.